The minimum atomic E-state index is -0.206. The number of halogens is 2. The number of hydrogen-bond donors (Lipinski definition) is 1. The van der Waals surface area contributed by atoms with Crippen LogP contribution in [0.3, 0.4) is 0 Å². The van der Waals surface area contributed by atoms with Gasteiger partial charge in [-0.2, -0.15) is 4.98 Å². The lowest BCUT2D eigenvalue weighted by molar-refractivity contribution is 0.286. The summed E-state index contributed by atoms with van der Waals surface area (Å²) in [6, 6.07) is 6.91. The molecule has 0 unspecified atom stereocenters. The average molecular weight is 410 g/mol. The summed E-state index contributed by atoms with van der Waals surface area (Å²) in [5.41, 5.74) is 3.51. The van der Waals surface area contributed by atoms with E-state index in [1.165, 1.54) is 11.6 Å². The summed E-state index contributed by atoms with van der Waals surface area (Å²) in [6.45, 7) is 2.22. The van der Waals surface area contributed by atoms with Crippen molar-refractivity contribution in [1.29, 1.82) is 0 Å². The van der Waals surface area contributed by atoms with Crippen molar-refractivity contribution in [3.05, 3.63) is 59.1 Å². The average Bonchev–Trinajstić information content (AvgIpc) is 3.16. The van der Waals surface area contributed by atoms with Gasteiger partial charge in [-0.25, -0.2) is 14.4 Å². The van der Waals surface area contributed by atoms with E-state index in [1.807, 2.05) is 6.20 Å². The predicted octanol–water partition coefficient (Wildman–Crippen LogP) is 5.77. The fourth-order valence-corrected chi connectivity index (χ4v) is 4.80. The second kappa shape index (κ2) is 7.34. The van der Waals surface area contributed by atoms with E-state index in [1.54, 1.807) is 18.3 Å². The summed E-state index contributed by atoms with van der Waals surface area (Å²) in [5, 5.41) is 1.17. The van der Waals surface area contributed by atoms with E-state index in [0.29, 0.717) is 23.4 Å². The van der Waals surface area contributed by atoms with E-state index in [9.17, 15) is 4.39 Å². The van der Waals surface area contributed by atoms with Crippen molar-refractivity contribution >= 4 is 33.7 Å². The molecular weight excluding hydrogens is 389 g/mol. The smallest absolute Gasteiger partial charge is 0.224 e. The summed E-state index contributed by atoms with van der Waals surface area (Å²) < 4.78 is 13.8. The maximum Gasteiger partial charge on any atom is 0.224 e. The molecule has 0 aliphatic heterocycles. The number of nitrogens with one attached hydrogen (secondary N) is 1. The van der Waals surface area contributed by atoms with Crippen LogP contribution in [0, 0.1) is 11.7 Å². The summed E-state index contributed by atoms with van der Waals surface area (Å²) in [4.78, 5) is 20.6. The second-order valence-corrected chi connectivity index (χ2v) is 8.30. The Kier molecular flexibility index (Phi) is 4.66. The van der Waals surface area contributed by atoms with E-state index in [0.717, 1.165) is 47.9 Å². The van der Waals surface area contributed by atoms with Gasteiger partial charge in [-0.05, 0) is 78.9 Å². The summed E-state index contributed by atoms with van der Waals surface area (Å²) in [6.07, 6.45) is 7.86. The van der Waals surface area contributed by atoms with E-state index >= 15 is 0 Å². The van der Waals surface area contributed by atoms with Gasteiger partial charge in [0.25, 0.3) is 0 Å². The molecular formula is C22H21ClFN5. The maximum absolute atomic E-state index is 13.8. The van der Waals surface area contributed by atoms with Crippen molar-refractivity contribution < 1.29 is 4.39 Å². The number of pyridine rings is 1. The van der Waals surface area contributed by atoms with Crippen LogP contribution < -0.4 is 0 Å². The number of nitrogens with zero attached hydrogens (tertiary/aromatic N) is 4. The van der Waals surface area contributed by atoms with Gasteiger partial charge in [-0.15, -0.1) is 0 Å². The largest absolute Gasteiger partial charge is 0.326 e. The molecule has 3 heterocycles. The standard InChI is InChI=1S/C22H21ClFN5/c1-12(20-27-19-11-26-22(23)29-21(19)28-20)13-2-4-14(5-3-13)16-8-9-25-18-7-6-15(24)10-17(16)18/h6-14H,2-5H2,1H3,(H,26,27,28,29)/t12-,13?,14?/m0/s1. The molecule has 0 radical (unpaired) electrons. The first-order chi connectivity index (χ1) is 14.1. The molecule has 3 aromatic heterocycles. The highest BCUT2D eigenvalue weighted by molar-refractivity contribution is 6.28. The molecule has 1 atom stereocenters. The number of benzene rings is 1. The third-order valence-corrected chi connectivity index (χ3v) is 6.50. The van der Waals surface area contributed by atoms with E-state index in [2.05, 4.69) is 37.9 Å². The topological polar surface area (TPSA) is 67.3 Å². The molecule has 1 saturated carbocycles. The molecule has 0 saturated heterocycles. The first kappa shape index (κ1) is 18.4. The zero-order valence-corrected chi connectivity index (χ0v) is 16.8. The number of aromatic amines is 1. The first-order valence-electron chi connectivity index (χ1n) is 10.0. The molecule has 1 aliphatic rings. The van der Waals surface area contributed by atoms with Gasteiger partial charge in [-0.1, -0.05) is 6.92 Å². The Bertz CT molecular complexity index is 1180. The quantitative estimate of drug-likeness (QED) is 0.436. The third-order valence-electron chi connectivity index (χ3n) is 6.31. The minimum Gasteiger partial charge on any atom is -0.326 e. The number of fused-ring (bicyclic) bond motifs is 2. The van der Waals surface area contributed by atoms with Gasteiger partial charge in [0.15, 0.2) is 5.65 Å². The fraction of sp³-hybridized carbons (Fsp3) is 0.364. The van der Waals surface area contributed by atoms with Gasteiger partial charge in [0.05, 0.1) is 11.7 Å². The third kappa shape index (κ3) is 3.46. The molecule has 5 rings (SSSR count). The zero-order valence-electron chi connectivity index (χ0n) is 16.1. The van der Waals surface area contributed by atoms with Gasteiger partial charge in [0.1, 0.15) is 17.2 Å². The summed E-state index contributed by atoms with van der Waals surface area (Å²) in [7, 11) is 0. The lowest BCUT2D eigenvalue weighted by atomic mass is 9.73. The van der Waals surface area contributed by atoms with E-state index < -0.39 is 0 Å². The number of hydrogen-bond acceptors (Lipinski definition) is 4. The molecule has 0 spiro atoms. The fourth-order valence-electron chi connectivity index (χ4n) is 4.67. The highest BCUT2D eigenvalue weighted by Gasteiger charge is 2.29. The zero-order chi connectivity index (χ0) is 20.0. The van der Waals surface area contributed by atoms with Gasteiger partial charge in [0.2, 0.25) is 5.28 Å². The van der Waals surface area contributed by atoms with Crippen LogP contribution in [-0.4, -0.2) is 24.9 Å². The van der Waals surface area contributed by atoms with Crippen LogP contribution in [0.1, 0.15) is 55.8 Å². The predicted molar refractivity (Wildman–Crippen MR) is 112 cm³/mol. The van der Waals surface area contributed by atoms with Crippen molar-refractivity contribution in [2.24, 2.45) is 5.92 Å². The van der Waals surface area contributed by atoms with Crippen LogP contribution in [0.5, 0.6) is 0 Å². The van der Waals surface area contributed by atoms with Crippen LogP contribution in [0.4, 0.5) is 4.39 Å². The van der Waals surface area contributed by atoms with E-state index in [-0.39, 0.29) is 11.1 Å². The highest BCUT2D eigenvalue weighted by Crippen LogP contribution is 2.42. The van der Waals surface area contributed by atoms with Crippen LogP contribution >= 0.6 is 11.6 Å². The van der Waals surface area contributed by atoms with Gasteiger partial charge in [0, 0.05) is 17.5 Å². The summed E-state index contributed by atoms with van der Waals surface area (Å²) in [5.74, 6) is 2.01. The summed E-state index contributed by atoms with van der Waals surface area (Å²) >= 11 is 5.88. The maximum atomic E-state index is 13.8. The van der Waals surface area contributed by atoms with Crippen molar-refractivity contribution in [1.82, 2.24) is 24.9 Å². The Balaban J connectivity index is 1.34. The minimum absolute atomic E-state index is 0.206. The first-order valence-corrected chi connectivity index (χ1v) is 10.4. The SMILES string of the molecule is C[C@H](c1nc2cnc(Cl)nc2[nH]1)C1CCC(c2ccnc3ccc(F)cc23)CC1. The molecule has 0 amide bonds. The molecule has 5 nitrogen and oxygen atoms in total. The molecule has 7 heteroatoms. The lowest BCUT2D eigenvalue weighted by Gasteiger charge is -2.32. The molecule has 1 aliphatic carbocycles. The van der Waals surface area contributed by atoms with Crippen molar-refractivity contribution in [3.63, 3.8) is 0 Å². The normalized spacial score (nSPS) is 20.9. The van der Waals surface area contributed by atoms with Crippen molar-refractivity contribution in [2.75, 3.05) is 0 Å². The van der Waals surface area contributed by atoms with Crippen LogP contribution in [0.2, 0.25) is 5.28 Å². The second-order valence-electron chi connectivity index (χ2n) is 7.96. The Morgan fingerprint density at radius 2 is 1.90 bits per heavy atom. The number of imidazole rings is 1. The van der Waals surface area contributed by atoms with Crippen LogP contribution in [-0.2, 0) is 0 Å². The molecule has 148 valence electrons. The molecule has 0 bridgehead atoms. The van der Waals surface area contributed by atoms with Crippen LogP contribution in [0.15, 0.2) is 36.7 Å². The Morgan fingerprint density at radius 3 is 2.72 bits per heavy atom. The Labute approximate surface area is 172 Å². The van der Waals surface area contributed by atoms with E-state index in [4.69, 9.17) is 11.6 Å². The molecule has 4 aromatic rings. The van der Waals surface area contributed by atoms with Gasteiger partial charge < -0.3 is 4.98 Å². The lowest BCUT2D eigenvalue weighted by Crippen LogP contribution is -2.19. The van der Waals surface area contributed by atoms with Gasteiger partial charge in [-0.3, -0.25) is 4.98 Å². The molecule has 1 N–H and O–H groups in total. The number of rotatable bonds is 3. The number of H-pyrrole nitrogens is 1. The number of aromatic nitrogens is 5. The van der Waals surface area contributed by atoms with Gasteiger partial charge >= 0.3 is 0 Å². The van der Waals surface area contributed by atoms with Crippen molar-refractivity contribution in [3.8, 4) is 0 Å². The highest BCUT2D eigenvalue weighted by atomic mass is 35.5. The Hall–Kier alpha value is -2.60. The molecule has 1 aromatic carbocycles. The molecule has 1 fully saturated rings. The monoisotopic (exact) mass is 409 g/mol. The van der Waals surface area contributed by atoms with Crippen LogP contribution in [0.25, 0.3) is 22.1 Å². The Morgan fingerprint density at radius 1 is 1.07 bits per heavy atom. The molecule has 29 heavy (non-hydrogen) atoms. The van der Waals surface area contributed by atoms with Crippen molar-refractivity contribution in [2.45, 2.75) is 44.4 Å².